The molecule has 0 saturated carbocycles. The minimum absolute atomic E-state index is 0. The largest absolute Gasteiger partial charge is 0.176 e. The van der Waals surface area contributed by atoms with Crippen molar-refractivity contribution in [3.8, 4) is 11.1 Å². The molecule has 0 spiro atoms. The molecule has 0 aliphatic carbocycles. The van der Waals surface area contributed by atoms with Crippen molar-refractivity contribution in [2.75, 3.05) is 0 Å². The van der Waals surface area contributed by atoms with E-state index < -0.39 is 0 Å². The Morgan fingerprint density at radius 2 is 0.875 bits per heavy atom. The van der Waals surface area contributed by atoms with Crippen LogP contribution in [0, 0.1) is 0 Å². The fourth-order valence-electron chi connectivity index (χ4n) is 4.48. The van der Waals surface area contributed by atoms with Crippen LogP contribution in [0.3, 0.4) is 0 Å². The second-order valence-corrected chi connectivity index (χ2v) is 10.8. The van der Waals surface area contributed by atoms with Gasteiger partial charge in [-0.1, -0.05) is 66.7 Å². The van der Waals surface area contributed by atoms with E-state index in [9.17, 15) is 0 Å². The van der Waals surface area contributed by atoms with E-state index in [1.807, 2.05) is 6.07 Å². The second-order valence-electron chi connectivity index (χ2n) is 8.97. The molecule has 3 heteroatoms. The predicted molar refractivity (Wildman–Crippen MR) is 161 cm³/mol. The van der Waals surface area contributed by atoms with Gasteiger partial charge in [0, 0.05) is 0 Å². The molecule has 0 aliphatic heterocycles. The number of benzene rings is 5. The summed E-state index contributed by atoms with van der Waals surface area (Å²) in [6.45, 7) is 0. The molecule has 0 saturated heterocycles. The molecule has 0 atom stereocenters. The van der Waals surface area contributed by atoms with Gasteiger partial charge in [0.05, 0.1) is 0 Å². The number of hydrogen-bond acceptors (Lipinski definition) is 0. The molecular weight excluding hydrogens is 694 g/mol. The minimum Gasteiger partial charge on any atom is -0.176 e. The Balaban J connectivity index is 0.000000162. The van der Waals surface area contributed by atoms with Gasteiger partial charge < -0.3 is 24.8 Å². The molecule has 0 aliphatic rings. The van der Waals surface area contributed by atoms with Crippen LogP contribution in [-0.4, -0.2) is 3.26 Å². The number of fused-ring (bicyclic) bond motifs is 3. The van der Waals surface area contributed by atoms with Gasteiger partial charge in [-0.15, -0.1) is 51.4 Å². The maximum absolute atomic E-state index is 2.24. The van der Waals surface area contributed by atoms with Gasteiger partial charge in [-0.2, -0.15) is 23.8 Å². The van der Waals surface area contributed by atoms with Crippen LogP contribution >= 0.6 is 0 Å². The zero-order valence-electron chi connectivity index (χ0n) is 21.9. The second kappa shape index (κ2) is 16.0. The van der Waals surface area contributed by atoms with E-state index in [2.05, 4.69) is 164 Å². The van der Waals surface area contributed by atoms with E-state index in [1.165, 1.54) is 47.1 Å². The normalized spacial score (nSPS) is 9.75. The van der Waals surface area contributed by atoms with Crippen LogP contribution in [0.2, 0.25) is 0 Å². The first-order valence-electron chi connectivity index (χ1n) is 12.8. The van der Waals surface area contributed by atoms with E-state index in [4.69, 9.17) is 0 Å². The van der Waals surface area contributed by atoms with Gasteiger partial charge >= 0.3 is 98.9 Å². The molecular formula is C37H28Cl2Hf-2. The quantitative estimate of drug-likeness (QED) is 0.194. The zero-order chi connectivity index (χ0) is 26.0. The smallest absolute Gasteiger partial charge is 0.0638 e. The molecule has 0 bridgehead atoms. The first kappa shape index (κ1) is 31.2. The molecule has 7 rings (SSSR count). The van der Waals surface area contributed by atoms with E-state index in [1.54, 1.807) is 0 Å². The summed E-state index contributed by atoms with van der Waals surface area (Å²) in [5.41, 5.74) is 5.29. The molecule has 40 heavy (non-hydrogen) atoms. The summed E-state index contributed by atoms with van der Waals surface area (Å²) in [7, 11) is 0. The fraction of sp³-hybridized carbons (Fsp3) is 0. The maximum Gasteiger partial charge on any atom is -0.0638 e. The molecule has 0 fully saturated rings. The topological polar surface area (TPSA) is 0 Å². The van der Waals surface area contributed by atoms with E-state index in [-0.39, 0.29) is 24.8 Å². The molecule has 196 valence electrons. The van der Waals surface area contributed by atoms with Crippen molar-refractivity contribution >= 4 is 24.8 Å². The van der Waals surface area contributed by atoms with Crippen molar-refractivity contribution in [2.45, 2.75) is 0 Å². The molecule has 7 aromatic rings. The Kier molecular flexibility index (Phi) is 12.5. The van der Waals surface area contributed by atoms with Gasteiger partial charge in [0.1, 0.15) is 0 Å². The summed E-state index contributed by atoms with van der Waals surface area (Å²) in [5, 5.41) is 5.39. The summed E-state index contributed by atoms with van der Waals surface area (Å²) in [6, 6.07) is 59.2. The molecule has 0 aromatic heterocycles. The average molecular weight is 722 g/mol. The van der Waals surface area contributed by atoms with Gasteiger partial charge in [-0.25, -0.2) is 0 Å². The summed E-state index contributed by atoms with van der Waals surface area (Å²) in [6.07, 6.45) is 0. The molecule has 0 heterocycles. The predicted octanol–water partition coefficient (Wildman–Crippen LogP) is 3.59. The Labute approximate surface area is 263 Å². The molecule has 0 amide bonds. The molecule has 0 radical (unpaired) electrons. The third-order valence-corrected chi connectivity index (χ3v) is 8.49. The zero-order valence-corrected chi connectivity index (χ0v) is 27.0. The Morgan fingerprint density at radius 3 is 1.32 bits per heavy atom. The number of hydrogen-bond donors (Lipinski definition) is 0. The number of rotatable bonds is 3. The van der Waals surface area contributed by atoms with Crippen LogP contribution in [0.1, 0.15) is 11.1 Å². The van der Waals surface area contributed by atoms with Gasteiger partial charge in [0.25, 0.3) is 0 Å². The molecule has 0 nitrogen and oxygen atoms in total. The Hall–Kier alpha value is -3.36. The first-order chi connectivity index (χ1) is 18.8. The average Bonchev–Trinajstić information content (AvgIpc) is 3.68. The number of halogens is 2. The van der Waals surface area contributed by atoms with Gasteiger partial charge in [0.2, 0.25) is 0 Å². The molecule has 0 unspecified atom stereocenters. The summed E-state index contributed by atoms with van der Waals surface area (Å²) >= 11 is 1.08. The van der Waals surface area contributed by atoms with Crippen molar-refractivity contribution in [1.82, 2.24) is 0 Å². The van der Waals surface area contributed by atoms with Crippen molar-refractivity contribution < 1.29 is 48.7 Å². The van der Waals surface area contributed by atoms with Crippen molar-refractivity contribution in [1.29, 1.82) is 0 Å². The summed E-state index contributed by atoms with van der Waals surface area (Å²) in [5.74, 6) is 0. The van der Waals surface area contributed by atoms with Crippen molar-refractivity contribution in [2.24, 2.45) is 0 Å². The summed E-state index contributed by atoms with van der Waals surface area (Å²) < 4.78 is 1.46. The fourth-order valence-corrected chi connectivity index (χ4v) is 5.67. The Bertz CT molecular complexity index is 1610. The molecule has 7 aromatic carbocycles. The van der Waals surface area contributed by atoms with E-state index >= 15 is 0 Å². The Morgan fingerprint density at radius 1 is 0.450 bits per heavy atom. The first-order valence-corrected chi connectivity index (χ1v) is 14.6. The third kappa shape index (κ3) is 8.08. The van der Waals surface area contributed by atoms with Crippen LogP contribution in [0.15, 0.2) is 170 Å². The van der Waals surface area contributed by atoms with E-state index in [0.717, 1.165) is 23.9 Å². The van der Waals surface area contributed by atoms with Gasteiger partial charge in [0.15, 0.2) is 0 Å². The molecule has 0 N–H and O–H groups in total. The van der Waals surface area contributed by atoms with Crippen LogP contribution in [-0.2, 0) is 23.9 Å². The van der Waals surface area contributed by atoms with E-state index in [0.29, 0.717) is 0 Å². The van der Waals surface area contributed by atoms with Crippen molar-refractivity contribution in [3.05, 3.63) is 181 Å². The summed E-state index contributed by atoms with van der Waals surface area (Å²) in [4.78, 5) is 0. The standard InChI is InChI=1S/C13H9.C13H10.C11H9.2ClH.Hf/c1-3-7-12-10(5-1)9-11-6-2-4-8-13(11)12;1-3-7-12(8-4-1)11-13-9-5-2-6-10-13;1-2-6-10(7-3-1)11-8-4-5-9-11;;;/h1-9H;1-10H;1-9H;2*1H;/q-1;;-1;;;+2/p-2. The van der Waals surface area contributed by atoms with Crippen molar-refractivity contribution in [3.63, 3.8) is 0 Å². The van der Waals surface area contributed by atoms with Crippen LogP contribution in [0.4, 0.5) is 0 Å². The van der Waals surface area contributed by atoms with Crippen LogP contribution in [0.25, 0.3) is 32.7 Å². The third-order valence-electron chi connectivity index (χ3n) is 6.42. The maximum atomic E-state index is 2.24. The minimum atomic E-state index is 0. The van der Waals surface area contributed by atoms with Gasteiger partial charge in [-0.05, 0) is 0 Å². The van der Waals surface area contributed by atoms with Gasteiger partial charge in [-0.3, -0.25) is 0 Å². The monoisotopic (exact) mass is 722 g/mol. The van der Waals surface area contributed by atoms with Crippen LogP contribution < -0.4 is 24.8 Å². The SMILES string of the molecule is [Cl-].[Cl-].[Hf+2]=[C](c1ccccc1)c1ccccc1.c1ccc(-c2ccc[cH-]2)cc1.c1ccc2c(c1)[cH-]c1ccccc12. The van der Waals surface area contributed by atoms with Crippen LogP contribution in [0.5, 0.6) is 0 Å².